The second kappa shape index (κ2) is 7.28. The van der Waals surface area contributed by atoms with Gasteiger partial charge in [-0.2, -0.15) is 0 Å². The van der Waals surface area contributed by atoms with Gasteiger partial charge in [-0.15, -0.1) is 0 Å². The fourth-order valence-corrected chi connectivity index (χ4v) is 2.17. The highest BCUT2D eigenvalue weighted by molar-refractivity contribution is 7.80. The number of nitrogens with one attached hydrogen (secondary N) is 2. The van der Waals surface area contributed by atoms with Crippen LogP contribution in [-0.4, -0.2) is 31.3 Å². The zero-order valence-corrected chi connectivity index (χ0v) is 12.4. The van der Waals surface area contributed by atoms with E-state index in [1.807, 2.05) is 19.1 Å². The number of hydrogen-bond donors (Lipinski definition) is 3. The Morgan fingerprint density at radius 1 is 1.58 bits per heavy atom. The molecule has 19 heavy (non-hydrogen) atoms. The van der Waals surface area contributed by atoms with Crippen LogP contribution in [0.2, 0.25) is 5.02 Å². The lowest BCUT2D eigenvalue weighted by atomic mass is 10.2. The standard InChI is InChI=1S/C12H17ClN4OS/c1-8-4-3-5-9(13)10(8)17(11(14)15)12(19)16-6-7-18-2/h3-5H,6-7H2,1-2H3,(H3,14,15)(H,16,19). The molecule has 0 aliphatic heterocycles. The Morgan fingerprint density at radius 2 is 2.26 bits per heavy atom. The molecular weight excluding hydrogens is 284 g/mol. The molecular formula is C12H17ClN4OS. The number of nitrogens with two attached hydrogens (primary N) is 1. The van der Waals surface area contributed by atoms with Crippen LogP contribution in [0.4, 0.5) is 5.69 Å². The van der Waals surface area contributed by atoms with Gasteiger partial charge >= 0.3 is 0 Å². The average Bonchev–Trinajstić information content (AvgIpc) is 2.33. The van der Waals surface area contributed by atoms with E-state index >= 15 is 0 Å². The van der Waals surface area contributed by atoms with Crippen molar-refractivity contribution in [1.82, 2.24) is 5.32 Å². The average molecular weight is 301 g/mol. The number of methoxy groups -OCH3 is 1. The number of aryl methyl sites for hydroxylation is 1. The molecule has 104 valence electrons. The monoisotopic (exact) mass is 300 g/mol. The van der Waals surface area contributed by atoms with Crippen molar-refractivity contribution >= 4 is 40.6 Å². The fraction of sp³-hybridized carbons (Fsp3) is 0.333. The minimum atomic E-state index is -0.189. The molecule has 7 heteroatoms. The van der Waals surface area contributed by atoms with Crippen LogP contribution in [0, 0.1) is 12.3 Å². The van der Waals surface area contributed by atoms with Crippen molar-refractivity contribution in [3.05, 3.63) is 28.8 Å². The number of guanidine groups is 1. The maximum Gasteiger partial charge on any atom is 0.199 e. The van der Waals surface area contributed by atoms with Crippen molar-refractivity contribution in [2.24, 2.45) is 5.73 Å². The Labute approximate surface area is 123 Å². The maximum atomic E-state index is 7.68. The number of benzene rings is 1. The maximum absolute atomic E-state index is 7.68. The number of anilines is 1. The van der Waals surface area contributed by atoms with E-state index in [9.17, 15) is 0 Å². The number of hydrogen-bond acceptors (Lipinski definition) is 3. The molecule has 0 spiro atoms. The lowest BCUT2D eigenvalue weighted by Gasteiger charge is -2.26. The molecule has 0 heterocycles. The molecule has 0 saturated heterocycles. The molecule has 0 saturated carbocycles. The van der Waals surface area contributed by atoms with Crippen molar-refractivity contribution in [1.29, 1.82) is 5.41 Å². The zero-order chi connectivity index (χ0) is 14.4. The van der Waals surface area contributed by atoms with Crippen molar-refractivity contribution in [3.8, 4) is 0 Å². The lowest BCUT2D eigenvalue weighted by Crippen LogP contribution is -2.48. The summed E-state index contributed by atoms with van der Waals surface area (Å²) >= 11 is 11.4. The second-order valence-electron chi connectivity index (χ2n) is 3.85. The van der Waals surface area contributed by atoms with E-state index in [0.29, 0.717) is 29.0 Å². The Kier molecular flexibility index (Phi) is 6.01. The minimum Gasteiger partial charge on any atom is -0.383 e. The summed E-state index contributed by atoms with van der Waals surface area (Å²) in [7, 11) is 1.60. The number of para-hydroxylation sites is 1. The summed E-state index contributed by atoms with van der Waals surface area (Å²) in [5.74, 6) is -0.189. The fourth-order valence-electron chi connectivity index (χ4n) is 1.58. The van der Waals surface area contributed by atoms with Gasteiger partial charge in [0.25, 0.3) is 0 Å². The molecule has 0 amide bonds. The van der Waals surface area contributed by atoms with Crippen LogP contribution in [-0.2, 0) is 4.74 Å². The zero-order valence-electron chi connectivity index (χ0n) is 10.9. The number of nitrogens with zero attached hydrogens (tertiary/aromatic N) is 1. The van der Waals surface area contributed by atoms with E-state index in [1.54, 1.807) is 13.2 Å². The number of ether oxygens (including phenoxy) is 1. The smallest absolute Gasteiger partial charge is 0.199 e. The van der Waals surface area contributed by atoms with E-state index in [4.69, 9.17) is 39.7 Å². The van der Waals surface area contributed by atoms with Gasteiger partial charge in [-0.3, -0.25) is 10.3 Å². The van der Waals surface area contributed by atoms with Crippen LogP contribution in [0.1, 0.15) is 5.56 Å². The van der Waals surface area contributed by atoms with Crippen LogP contribution in [0.5, 0.6) is 0 Å². The van der Waals surface area contributed by atoms with Crippen LogP contribution >= 0.6 is 23.8 Å². The molecule has 0 aromatic heterocycles. The summed E-state index contributed by atoms with van der Waals surface area (Å²) in [5, 5.41) is 11.5. The third-order valence-electron chi connectivity index (χ3n) is 2.44. The Morgan fingerprint density at radius 3 is 2.79 bits per heavy atom. The van der Waals surface area contributed by atoms with Gasteiger partial charge in [-0.1, -0.05) is 23.7 Å². The van der Waals surface area contributed by atoms with E-state index < -0.39 is 0 Å². The summed E-state index contributed by atoms with van der Waals surface area (Å²) in [5.41, 5.74) is 7.11. The molecule has 1 rings (SSSR count). The van der Waals surface area contributed by atoms with Crippen molar-refractivity contribution in [3.63, 3.8) is 0 Å². The SMILES string of the molecule is COCCNC(=S)N(C(=N)N)c1c(C)cccc1Cl. The van der Waals surface area contributed by atoms with Crippen LogP contribution in [0.15, 0.2) is 18.2 Å². The van der Waals surface area contributed by atoms with E-state index in [2.05, 4.69) is 5.32 Å². The topological polar surface area (TPSA) is 74.4 Å². The van der Waals surface area contributed by atoms with E-state index in [0.717, 1.165) is 5.56 Å². The van der Waals surface area contributed by atoms with Crippen molar-refractivity contribution < 1.29 is 4.74 Å². The molecule has 5 nitrogen and oxygen atoms in total. The van der Waals surface area contributed by atoms with Crippen LogP contribution < -0.4 is 16.0 Å². The Bertz CT molecular complexity index is 461. The van der Waals surface area contributed by atoms with Crippen molar-refractivity contribution in [2.75, 3.05) is 25.2 Å². The number of rotatable bonds is 4. The largest absolute Gasteiger partial charge is 0.383 e. The molecule has 0 fully saturated rings. The molecule has 0 unspecified atom stereocenters. The second-order valence-corrected chi connectivity index (χ2v) is 4.64. The Hall–Kier alpha value is -1.37. The molecule has 1 aromatic carbocycles. The van der Waals surface area contributed by atoms with Gasteiger partial charge in [0.1, 0.15) is 0 Å². The molecule has 0 aliphatic rings. The van der Waals surface area contributed by atoms with Gasteiger partial charge in [-0.25, -0.2) is 0 Å². The highest BCUT2D eigenvalue weighted by atomic mass is 35.5. The molecule has 0 radical (unpaired) electrons. The molecule has 4 N–H and O–H groups in total. The van der Waals surface area contributed by atoms with Gasteiger partial charge in [-0.05, 0) is 30.8 Å². The Balaban J connectivity index is 3.01. The van der Waals surface area contributed by atoms with Gasteiger partial charge in [0, 0.05) is 13.7 Å². The first-order valence-electron chi connectivity index (χ1n) is 5.65. The summed E-state index contributed by atoms with van der Waals surface area (Å²) < 4.78 is 4.93. The van der Waals surface area contributed by atoms with Crippen LogP contribution in [0.3, 0.4) is 0 Å². The van der Waals surface area contributed by atoms with E-state index in [1.165, 1.54) is 4.90 Å². The van der Waals surface area contributed by atoms with Crippen molar-refractivity contribution in [2.45, 2.75) is 6.92 Å². The minimum absolute atomic E-state index is 0.189. The van der Waals surface area contributed by atoms with E-state index in [-0.39, 0.29) is 5.96 Å². The summed E-state index contributed by atoms with van der Waals surface area (Å²) in [6.45, 7) is 2.92. The number of halogens is 1. The third kappa shape index (κ3) is 4.05. The molecule has 0 bridgehead atoms. The highest BCUT2D eigenvalue weighted by Gasteiger charge is 2.19. The third-order valence-corrected chi connectivity index (χ3v) is 3.07. The van der Waals surface area contributed by atoms with Gasteiger partial charge in [0.2, 0.25) is 0 Å². The molecule has 0 atom stereocenters. The molecule has 1 aromatic rings. The summed E-state index contributed by atoms with van der Waals surface area (Å²) in [6, 6.07) is 5.45. The summed E-state index contributed by atoms with van der Waals surface area (Å²) in [6.07, 6.45) is 0. The van der Waals surface area contributed by atoms with Gasteiger partial charge < -0.3 is 15.8 Å². The predicted molar refractivity (Wildman–Crippen MR) is 83.1 cm³/mol. The molecule has 0 aliphatic carbocycles. The quantitative estimate of drug-likeness (QED) is 0.343. The normalized spacial score (nSPS) is 10.1. The summed E-state index contributed by atoms with van der Waals surface area (Å²) in [4.78, 5) is 1.41. The van der Waals surface area contributed by atoms with Gasteiger partial charge in [0.05, 0.1) is 17.3 Å². The lowest BCUT2D eigenvalue weighted by molar-refractivity contribution is 0.204. The van der Waals surface area contributed by atoms with Crippen LogP contribution in [0.25, 0.3) is 0 Å². The first-order chi connectivity index (χ1) is 8.99. The first kappa shape index (κ1) is 15.7. The highest BCUT2D eigenvalue weighted by Crippen LogP contribution is 2.29. The first-order valence-corrected chi connectivity index (χ1v) is 6.43. The predicted octanol–water partition coefficient (Wildman–Crippen LogP) is 1.87. The van der Waals surface area contributed by atoms with Gasteiger partial charge in [0.15, 0.2) is 11.1 Å². The number of thiocarbonyl (C=S) groups is 1.